The highest BCUT2D eigenvalue weighted by Crippen LogP contribution is 2.61. The highest BCUT2D eigenvalue weighted by atomic mass is 35.5. The Balaban J connectivity index is 2.48. The van der Waals surface area contributed by atoms with Gasteiger partial charge >= 0.3 is 0 Å². The normalized spacial score (nSPS) is 28.9. The topological polar surface area (TPSA) is 26.0 Å². The number of rotatable bonds is 1. The third kappa shape index (κ3) is 1.27. The van der Waals surface area contributed by atoms with Gasteiger partial charge < -0.3 is 5.73 Å². The number of halogens is 1. The molecule has 2 N–H and O–H groups in total. The van der Waals surface area contributed by atoms with Gasteiger partial charge in [0.2, 0.25) is 0 Å². The first kappa shape index (κ1) is 10.0. The molecule has 0 radical (unpaired) electrons. The Bertz CT molecular complexity index is 384. The highest BCUT2D eigenvalue weighted by molar-refractivity contribution is 6.31. The van der Waals surface area contributed by atoms with Crippen LogP contribution in [0.4, 0.5) is 0 Å². The maximum absolute atomic E-state index is 6.33. The molecule has 1 aliphatic carbocycles. The Kier molecular flexibility index (Phi) is 1.96. The van der Waals surface area contributed by atoms with Gasteiger partial charge in [0, 0.05) is 10.6 Å². The van der Waals surface area contributed by atoms with Gasteiger partial charge in [0.15, 0.2) is 0 Å². The van der Waals surface area contributed by atoms with Crippen molar-refractivity contribution in [2.24, 2.45) is 11.1 Å². The molecule has 0 aliphatic heterocycles. The summed E-state index contributed by atoms with van der Waals surface area (Å²) in [6.45, 7) is 6.44. The van der Waals surface area contributed by atoms with E-state index >= 15 is 0 Å². The Morgan fingerprint density at radius 1 is 1.36 bits per heavy atom. The van der Waals surface area contributed by atoms with E-state index in [4.69, 9.17) is 17.3 Å². The predicted octanol–water partition coefficient (Wildman–Crippen LogP) is 3.23. The summed E-state index contributed by atoms with van der Waals surface area (Å²) >= 11 is 6.17. The summed E-state index contributed by atoms with van der Waals surface area (Å²) in [5, 5.41) is 0.795. The van der Waals surface area contributed by atoms with Crippen LogP contribution < -0.4 is 5.73 Å². The molecule has 2 rings (SSSR count). The molecule has 1 aromatic carbocycles. The molecule has 2 heteroatoms. The van der Waals surface area contributed by atoms with Crippen LogP contribution in [-0.2, 0) is 5.54 Å². The predicted molar refractivity (Wildman–Crippen MR) is 60.5 cm³/mol. The molecular formula is C12H16ClN. The van der Waals surface area contributed by atoms with Crippen molar-refractivity contribution < 1.29 is 0 Å². The molecule has 1 unspecified atom stereocenters. The van der Waals surface area contributed by atoms with Gasteiger partial charge in [-0.3, -0.25) is 0 Å². The molecule has 0 amide bonds. The van der Waals surface area contributed by atoms with Gasteiger partial charge in [0.1, 0.15) is 0 Å². The molecule has 0 spiro atoms. The van der Waals surface area contributed by atoms with Crippen LogP contribution in [0.5, 0.6) is 0 Å². The third-order valence-corrected chi connectivity index (χ3v) is 3.74. The molecule has 0 aromatic heterocycles. The van der Waals surface area contributed by atoms with E-state index in [2.05, 4.69) is 26.8 Å². The van der Waals surface area contributed by atoms with E-state index in [0.717, 1.165) is 17.0 Å². The lowest BCUT2D eigenvalue weighted by molar-refractivity contribution is 0.510. The minimum Gasteiger partial charge on any atom is -0.321 e. The van der Waals surface area contributed by atoms with Crippen molar-refractivity contribution in [3.63, 3.8) is 0 Å². The van der Waals surface area contributed by atoms with Gasteiger partial charge in [0.05, 0.1) is 0 Å². The second-order valence-electron chi connectivity index (χ2n) is 5.02. The summed E-state index contributed by atoms with van der Waals surface area (Å²) in [7, 11) is 0. The van der Waals surface area contributed by atoms with E-state index in [1.54, 1.807) is 0 Å². The minimum atomic E-state index is -0.212. The summed E-state index contributed by atoms with van der Waals surface area (Å²) in [4.78, 5) is 0. The molecule has 0 bridgehead atoms. The Hall–Kier alpha value is -0.530. The Labute approximate surface area is 90.3 Å². The van der Waals surface area contributed by atoms with Crippen LogP contribution in [0.1, 0.15) is 31.4 Å². The monoisotopic (exact) mass is 209 g/mol. The van der Waals surface area contributed by atoms with E-state index < -0.39 is 0 Å². The molecule has 1 fully saturated rings. The summed E-state index contributed by atoms with van der Waals surface area (Å²) in [6, 6.07) is 6.07. The van der Waals surface area contributed by atoms with Gasteiger partial charge in [-0.05, 0) is 30.4 Å². The summed E-state index contributed by atoms with van der Waals surface area (Å²) < 4.78 is 0. The molecule has 1 saturated carbocycles. The maximum atomic E-state index is 6.33. The van der Waals surface area contributed by atoms with Crippen LogP contribution in [0, 0.1) is 12.3 Å². The summed E-state index contributed by atoms with van der Waals surface area (Å²) in [5.41, 5.74) is 8.62. The average Bonchev–Trinajstić information content (AvgIpc) is 2.58. The van der Waals surface area contributed by atoms with Crippen molar-refractivity contribution >= 4 is 11.6 Å². The highest BCUT2D eigenvalue weighted by Gasteiger charge is 2.60. The SMILES string of the molecule is Cc1ccc(Cl)c(C2(N)CC2(C)C)c1. The number of nitrogens with two attached hydrogens (primary N) is 1. The van der Waals surface area contributed by atoms with E-state index in [1.807, 2.05) is 12.1 Å². The van der Waals surface area contributed by atoms with Gasteiger partial charge in [-0.15, -0.1) is 0 Å². The van der Waals surface area contributed by atoms with Gasteiger partial charge in [0.25, 0.3) is 0 Å². The zero-order chi connectivity index (χ0) is 10.6. The van der Waals surface area contributed by atoms with Gasteiger partial charge in [-0.1, -0.05) is 43.1 Å². The molecule has 1 aliphatic rings. The molecule has 14 heavy (non-hydrogen) atoms. The molecule has 1 nitrogen and oxygen atoms in total. The van der Waals surface area contributed by atoms with Crippen molar-refractivity contribution in [3.05, 3.63) is 34.3 Å². The van der Waals surface area contributed by atoms with E-state index in [0.29, 0.717) is 0 Å². The van der Waals surface area contributed by atoms with E-state index in [-0.39, 0.29) is 11.0 Å². The zero-order valence-corrected chi connectivity index (χ0v) is 9.65. The number of hydrogen-bond donors (Lipinski definition) is 1. The zero-order valence-electron chi connectivity index (χ0n) is 8.89. The van der Waals surface area contributed by atoms with Crippen LogP contribution in [0.3, 0.4) is 0 Å². The lowest BCUT2D eigenvalue weighted by atomic mass is 9.96. The lowest BCUT2D eigenvalue weighted by Crippen LogP contribution is -2.25. The smallest absolute Gasteiger partial charge is 0.0483 e. The average molecular weight is 210 g/mol. The fraction of sp³-hybridized carbons (Fsp3) is 0.500. The first-order chi connectivity index (χ1) is 6.37. The standard InChI is InChI=1S/C12H16ClN/c1-8-4-5-10(13)9(6-8)12(14)7-11(12,2)3/h4-6H,7,14H2,1-3H3. The van der Waals surface area contributed by atoms with Crippen molar-refractivity contribution in [2.45, 2.75) is 32.7 Å². The first-order valence-corrected chi connectivity index (χ1v) is 5.30. The van der Waals surface area contributed by atoms with E-state index in [9.17, 15) is 0 Å². The number of benzene rings is 1. The molecular weight excluding hydrogens is 194 g/mol. The van der Waals surface area contributed by atoms with Gasteiger partial charge in [-0.2, -0.15) is 0 Å². The minimum absolute atomic E-state index is 0.185. The second kappa shape index (κ2) is 2.74. The largest absolute Gasteiger partial charge is 0.321 e. The van der Waals surface area contributed by atoms with Gasteiger partial charge in [-0.25, -0.2) is 0 Å². The van der Waals surface area contributed by atoms with Crippen molar-refractivity contribution in [1.29, 1.82) is 0 Å². The lowest BCUT2D eigenvalue weighted by Gasteiger charge is -2.17. The Morgan fingerprint density at radius 2 is 1.93 bits per heavy atom. The van der Waals surface area contributed by atoms with Crippen LogP contribution in [-0.4, -0.2) is 0 Å². The third-order valence-electron chi connectivity index (χ3n) is 3.41. The molecule has 1 aromatic rings. The molecule has 0 saturated heterocycles. The summed E-state index contributed by atoms with van der Waals surface area (Å²) in [5.74, 6) is 0. The Morgan fingerprint density at radius 3 is 2.43 bits per heavy atom. The van der Waals surface area contributed by atoms with Crippen molar-refractivity contribution in [2.75, 3.05) is 0 Å². The fourth-order valence-corrected chi connectivity index (χ4v) is 2.38. The van der Waals surface area contributed by atoms with E-state index in [1.165, 1.54) is 5.56 Å². The van der Waals surface area contributed by atoms with Crippen LogP contribution >= 0.6 is 11.6 Å². The van der Waals surface area contributed by atoms with Crippen LogP contribution in [0.15, 0.2) is 18.2 Å². The van der Waals surface area contributed by atoms with Crippen molar-refractivity contribution in [3.8, 4) is 0 Å². The maximum Gasteiger partial charge on any atom is 0.0483 e. The second-order valence-corrected chi connectivity index (χ2v) is 5.42. The first-order valence-electron chi connectivity index (χ1n) is 4.92. The van der Waals surface area contributed by atoms with Crippen LogP contribution in [0.25, 0.3) is 0 Å². The molecule has 0 heterocycles. The van der Waals surface area contributed by atoms with Crippen LogP contribution in [0.2, 0.25) is 5.02 Å². The van der Waals surface area contributed by atoms with Crippen molar-refractivity contribution in [1.82, 2.24) is 0 Å². The summed E-state index contributed by atoms with van der Waals surface area (Å²) in [6.07, 6.45) is 1.02. The number of hydrogen-bond acceptors (Lipinski definition) is 1. The number of aryl methyl sites for hydroxylation is 1. The fourth-order valence-electron chi connectivity index (χ4n) is 2.09. The molecule has 76 valence electrons. The quantitative estimate of drug-likeness (QED) is 0.755. The molecule has 1 atom stereocenters.